The number of hydrogen-bond donors (Lipinski definition) is 3. The van der Waals surface area contributed by atoms with E-state index < -0.39 is 10.0 Å². The number of nitrogen functional groups attached to an aromatic ring is 1. The van der Waals surface area contributed by atoms with E-state index in [0.717, 1.165) is 5.56 Å². The van der Waals surface area contributed by atoms with Gasteiger partial charge in [-0.25, -0.2) is 8.42 Å². The van der Waals surface area contributed by atoms with Gasteiger partial charge in [-0.15, -0.1) is 0 Å². The summed E-state index contributed by atoms with van der Waals surface area (Å²) in [5.41, 5.74) is 7.59. The van der Waals surface area contributed by atoms with Crippen molar-refractivity contribution in [3.8, 4) is 5.75 Å². The number of phenols is 1. The zero-order chi connectivity index (χ0) is 20.1. The molecule has 3 rings (SSSR count). The molecule has 0 aliphatic rings. The minimum Gasteiger partial charge on any atom is -0.508 e. The molecule has 4 N–H and O–H groups in total. The zero-order valence-electron chi connectivity index (χ0n) is 14.7. The van der Waals surface area contributed by atoms with Gasteiger partial charge in [-0.3, -0.25) is 9.52 Å². The Balaban J connectivity index is 1.69. The van der Waals surface area contributed by atoms with Crippen molar-refractivity contribution in [1.82, 2.24) is 0 Å². The number of sulfonamides is 1. The van der Waals surface area contributed by atoms with Crippen molar-refractivity contribution in [3.05, 3.63) is 90.0 Å². The van der Waals surface area contributed by atoms with Crippen LogP contribution in [0.2, 0.25) is 0 Å². The highest BCUT2D eigenvalue weighted by Crippen LogP contribution is 2.18. The van der Waals surface area contributed by atoms with Crippen LogP contribution in [0.4, 0.5) is 11.4 Å². The first-order valence-electron chi connectivity index (χ1n) is 8.33. The van der Waals surface area contributed by atoms with E-state index in [-0.39, 0.29) is 16.4 Å². The van der Waals surface area contributed by atoms with Crippen molar-refractivity contribution in [2.75, 3.05) is 10.5 Å². The van der Waals surface area contributed by atoms with Crippen LogP contribution in [0.15, 0.2) is 83.8 Å². The van der Waals surface area contributed by atoms with Crippen LogP contribution in [0.25, 0.3) is 6.08 Å². The van der Waals surface area contributed by atoms with Crippen LogP contribution in [-0.4, -0.2) is 19.3 Å². The molecule has 6 nitrogen and oxygen atoms in total. The molecule has 0 radical (unpaired) electrons. The Hall–Kier alpha value is -3.58. The van der Waals surface area contributed by atoms with Crippen LogP contribution in [-0.2, 0) is 10.0 Å². The standard InChI is InChI=1S/C21H18N2O4S/c22-17-6-12-20(13-7-17)28(26,27)23-18-8-4-16(5-9-18)21(25)14-3-15-1-10-19(24)11-2-15/h1-14,23-24H,22H2/b14-3+. The molecule has 0 bridgehead atoms. The van der Waals surface area contributed by atoms with Crippen molar-refractivity contribution >= 4 is 33.3 Å². The number of rotatable bonds is 6. The molecular formula is C21H18N2O4S. The highest BCUT2D eigenvalue weighted by atomic mass is 32.2. The van der Waals surface area contributed by atoms with Crippen LogP contribution in [0, 0.1) is 0 Å². The van der Waals surface area contributed by atoms with E-state index in [0.29, 0.717) is 16.9 Å². The number of nitrogens with one attached hydrogen (secondary N) is 1. The quantitative estimate of drug-likeness (QED) is 0.336. The van der Waals surface area contributed by atoms with Gasteiger partial charge in [-0.2, -0.15) is 0 Å². The van der Waals surface area contributed by atoms with Gasteiger partial charge in [0.15, 0.2) is 5.78 Å². The summed E-state index contributed by atoms with van der Waals surface area (Å²) >= 11 is 0. The van der Waals surface area contributed by atoms with Gasteiger partial charge >= 0.3 is 0 Å². The predicted octanol–water partition coefficient (Wildman–Crippen LogP) is 3.67. The Bertz CT molecular complexity index is 1100. The first-order valence-corrected chi connectivity index (χ1v) is 9.82. The third-order valence-electron chi connectivity index (χ3n) is 3.93. The first-order chi connectivity index (χ1) is 13.3. The predicted molar refractivity (Wildman–Crippen MR) is 110 cm³/mol. The first kappa shape index (κ1) is 19.2. The Labute approximate surface area is 163 Å². The summed E-state index contributed by atoms with van der Waals surface area (Å²) in [4.78, 5) is 12.3. The molecule has 0 spiro atoms. The Kier molecular flexibility index (Phi) is 5.47. The second-order valence-corrected chi connectivity index (χ2v) is 7.72. The molecule has 0 unspecified atom stereocenters. The molecule has 0 aliphatic heterocycles. The molecule has 0 aliphatic carbocycles. The smallest absolute Gasteiger partial charge is 0.261 e. The number of anilines is 2. The molecule has 142 valence electrons. The maximum Gasteiger partial charge on any atom is 0.261 e. The van der Waals surface area contributed by atoms with E-state index in [1.165, 1.54) is 54.6 Å². The second-order valence-electron chi connectivity index (χ2n) is 6.04. The molecule has 0 aromatic heterocycles. The average Bonchev–Trinajstić information content (AvgIpc) is 2.68. The van der Waals surface area contributed by atoms with Crippen molar-refractivity contribution in [3.63, 3.8) is 0 Å². The maximum atomic E-state index is 12.4. The Morgan fingerprint density at radius 3 is 2.11 bits per heavy atom. The summed E-state index contributed by atoms with van der Waals surface area (Å²) in [5.74, 6) is -0.0681. The number of phenolic OH excluding ortho intramolecular Hbond substituents is 1. The summed E-state index contributed by atoms with van der Waals surface area (Å²) in [6.45, 7) is 0. The van der Waals surface area contributed by atoms with Crippen LogP contribution >= 0.6 is 0 Å². The van der Waals surface area contributed by atoms with Crippen molar-refractivity contribution < 1.29 is 18.3 Å². The maximum absolute atomic E-state index is 12.4. The van der Waals surface area contributed by atoms with Gasteiger partial charge in [0.2, 0.25) is 0 Å². The lowest BCUT2D eigenvalue weighted by Crippen LogP contribution is -2.13. The van der Waals surface area contributed by atoms with Crippen LogP contribution in [0.1, 0.15) is 15.9 Å². The molecule has 28 heavy (non-hydrogen) atoms. The lowest BCUT2D eigenvalue weighted by molar-refractivity contribution is 0.104. The molecular weight excluding hydrogens is 376 g/mol. The fourth-order valence-electron chi connectivity index (χ4n) is 2.42. The third-order valence-corrected chi connectivity index (χ3v) is 5.33. The molecule has 0 atom stereocenters. The van der Waals surface area contributed by atoms with E-state index in [9.17, 15) is 18.3 Å². The summed E-state index contributed by atoms with van der Waals surface area (Å²) < 4.78 is 27.2. The third kappa shape index (κ3) is 4.77. The molecule has 0 saturated heterocycles. The lowest BCUT2D eigenvalue weighted by atomic mass is 10.1. The molecule has 0 heterocycles. The molecule has 7 heteroatoms. The minimum atomic E-state index is -3.74. The Morgan fingerprint density at radius 2 is 1.50 bits per heavy atom. The molecule has 3 aromatic rings. The number of carbonyl (C=O) groups is 1. The highest BCUT2D eigenvalue weighted by Gasteiger charge is 2.14. The average molecular weight is 394 g/mol. The summed E-state index contributed by atoms with van der Waals surface area (Å²) in [6, 6.07) is 18.4. The fourth-order valence-corrected chi connectivity index (χ4v) is 3.48. The zero-order valence-corrected chi connectivity index (χ0v) is 15.6. The van der Waals surface area contributed by atoms with Gasteiger partial charge in [-0.1, -0.05) is 18.2 Å². The number of carbonyl (C=O) groups excluding carboxylic acids is 1. The van der Waals surface area contributed by atoms with Gasteiger partial charge in [0, 0.05) is 16.9 Å². The van der Waals surface area contributed by atoms with Gasteiger partial charge in [0.05, 0.1) is 4.90 Å². The number of hydrogen-bond acceptors (Lipinski definition) is 5. The second kappa shape index (κ2) is 7.98. The lowest BCUT2D eigenvalue weighted by Gasteiger charge is -2.08. The number of ketones is 1. The van der Waals surface area contributed by atoms with Crippen molar-refractivity contribution in [2.45, 2.75) is 4.90 Å². The Morgan fingerprint density at radius 1 is 0.893 bits per heavy atom. The topological polar surface area (TPSA) is 109 Å². The molecule has 0 amide bonds. The summed E-state index contributed by atoms with van der Waals surface area (Å²) in [5, 5.41) is 9.26. The van der Waals surface area contributed by atoms with Crippen molar-refractivity contribution in [1.29, 1.82) is 0 Å². The van der Waals surface area contributed by atoms with Crippen LogP contribution in [0.5, 0.6) is 5.75 Å². The number of aromatic hydroxyl groups is 1. The molecule has 3 aromatic carbocycles. The van der Waals surface area contributed by atoms with E-state index in [2.05, 4.69) is 4.72 Å². The molecule has 0 fully saturated rings. The monoisotopic (exact) mass is 394 g/mol. The van der Waals surface area contributed by atoms with Gasteiger partial charge in [0.25, 0.3) is 10.0 Å². The minimum absolute atomic E-state index is 0.0960. The van der Waals surface area contributed by atoms with Crippen molar-refractivity contribution in [2.24, 2.45) is 0 Å². The van der Waals surface area contributed by atoms with Gasteiger partial charge in [0.1, 0.15) is 5.75 Å². The number of nitrogens with two attached hydrogens (primary N) is 1. The fraction of sp³-hybridized carbons (Fsp3) is 0. The van der Waals surface area contributed by atoms with E-state index in [4.69, 9.17) is 5.73 Å². The van der Waals surface area contributed by atoms with E-state index >= 15 is 0 Å². The number of allylic oxidation sites excluding steroid dienone is 1. The van der Waals surface area contributed by atoms with Crippen LogP contribution in [0.3, 0.4) is 0 Å². The van der Waals surface area contributed by atoms with Gasteiger partial charge in [-0.05, 0) is 72.3 Å². The molecule has 0 saturated carbocycles. The highest BCUT2D eigenvalue weighted by molar-refractivity contribution is 7.92. The normalized spacial score (nSPS) is 11.4. The van der Waals surface area contributed by atoms with Gasteiger partial charge < -0.3 is 10.8 Å². The summed E-state index contributed by atoms with van der Waals surface area (Å²) in [6.07, 6.45) is 3.05. The largest absolute Gasteiger partial charge is 0.508 e. The van der Waals surface area contributed by atoms with E-state index in [1.807, 2.05) is 0 Å². The number of benzene rings is 3. The van der Waals surface area contributed by atoms with Crippen LogP contribution < -0.4 is 10.5 Å². The van der Waals surface area contributed by atoms with E-state index in [1.54, 1.807) is 30.3 Å². The summed E-state index contributed by atoms with van der Waals surface area (Å²) in [7, 11) is -3.74. The SMILES string of the molecule is Nc1ccc(S(=O)(=O)Nc2ccc(C(=O)/C=C/c3ccc(O)cc3)cc2)cc1.